The Morgan fingerprint density at radius 1 is 0.326 bits per heavy atom. The number of aliphatic hydroxyl groups excluding tert-OH is 1. The maximum absolute atomic E-state index is 13.0. The third-order valence-corrected chi connectivity index (χ3v) is 16.2. The van der Waals surface area contributed by atoms with Crippen molar-refractivity contribution in [2.24, 2.45) is 0 Å². The van der Waals surface area contributed by atoms with Gasteiger partial charge in [-0.25, -0.2) is 9.13 Å². The molecule has 0 rings (SSSR count). The molecule has 0 aliphatic rings. The largest absolute Gasteiger partial charge is 0.472 e. The van der Waals surface area contributed by atoms with Gasteiger partial charge in [-0.3, -0.25) is 37.3 Å². The molecule has 19 heteroatoms. The first-order valence-electron chi connectivity index (χ1n) is 35.1. The summed E-state index contributed by atoms with van der Waals surface area (Å²) in [4.78, 5) is 72.4. The van der Waals surface area contributed by atoms with Crippen LogP contribution in [0.5, 0.6) is 0 Å². The molecule has 17 nitrogen and oxygen atoms in total. The molecule has 5 unspecified atom stereocenters. The van der Waals surface area contributed by atoms with Crippen LogP contribution >= 0.6 is 15.6 Å². The number of phosphoric acid groups is 2. The van der Waals surface area contributed by atoms with Gasteiger partial charge in [0.1, 0.15) is 19.3 Å². The predicted molar refractivity (Wildman–Crippen MR) is 372 cm³/mol. The lowest BCUT2D eigenvalue weighted by molar-refractivity contribution is -0.161. The smallest absolute Gasteiger partial charge is 0.462 e. The van der Waals surface area contributed by atoms with E-state index in [1.54, 1.807) is 6.08 Å². The van der Waals surface area contributed by atoms with Gasteiger partial charge in [-0.2, -0.15) is 0 Å². The van der Waals surface area contributed by atoms with Gasteiger partial charge in [0.25, 0.3) is 0 Å². The van der Waals surface area contributed by atoms with Gasteiger partial charge in [-0.05, 0) is 103 Å². The van der Waals surface area contributed by atoms with Crippen molar-refractivity contribution in [3.63, 3.8) is 0 Å². The monoisotopic (exact) mass is 1330 g/mol. The first kappa shape index (κ1) is 87.7. The average molecular weight is 1340 g/mol. The molecule has 0 aromatic heterocycles. The molecular formula is C73H124O17P2. The summed E-state index contributed by atoms with van der Waals surface area (Å²) in [6.45, 7) is 4.43. The summed E-state index contributed by atoms with van der Waals surface area (Å²) < 4.78 is 68.0. The number of esters is 4. The molecule has 528 valence electrons. The van der Waals surface area contributed by atoms with Crippen LogP contribution in [0.3, 0.4) is 0 Å². The predicted octanol–water partition coefficient (Wildman–Crippen LogP) is 19.4. The maximum Gasteiger partial charge on any atom is 0.472 e. The van der Waals surface area contributed by atoms with E-state index in [4.69, 9.17) is 37.0 Å². The van der Waals surface area contributed by atoms with Gasteiger partial charge >= 0.3 is 39.5 Å². The van der Waals surface area contributed by atoms with Crippen LogP contribution < -0.4 is 0 Å². The first-order valence-corrected chi connectivity index (χ1v) is 38.1. The number of unbranched alkanes of at least 4 members (excludes halogenated alkanes) is 22. The Bertz CT molecular complexity index is 2180. The van der Waals surface area contributed by atoms with Crippen LogP contribution in [0.4, 0.5) is 0 Å². The second-order valence-electron chi connectivity index (χ2n) is 23.1. The molecule has 0 amide bonds. The zero-order chi connectivity index (χ0) is 67.5. The number of allylic oxidation sites excluding steroid dienone is 17. The van der Waals surface area contributed by atoms with E-state index in [1.165, 1.54) is 51.4 Å². The van der Waals surface area contributed by atoms with E-state index >= 15 is 0 Å². The van der Waals surface area contributed by atoms with E-state index in [-0.39, 0.29) is 25.7 Å². The molecule has 92 heavy (non-hydrogen) atoms. The number of hydrogen-bond acceptors (Lipinski definition) is 15. The lowest BCUT2D eigenvalue weighted by Crippen LogP contribution is -2.30. The third kappa shape index (κ3) is 64.4. The summed E-state index contributed by atoms with van der Waals surface area (Å²) in [7, 11) is -9.96. The molecule has 0 aromatic rings. The molecule has 0 saturated heterocycles. The Morgan fingerprint density at radius 2 is 0.620 bits per heavy atom. The van der Waals surface area contributed by atoms with Gasteiger partial charge in [0.2, 0.25) is 0 Å². The number of rotatable bonds is 65. The van der Waals surface area contributed by atoms with Crippen molar-refractivity contribution in [2.45, 2.75) is 290 Å². The number of hydrogen-bond donors (Lipinski definition) is 3. The molecule has 0 aliphatic carbocycles. The number of carbonyl (C=O) groups is 4. The van der Waals surface area contributed by atoms with Crippen LogP contribution in [0.1, 0.15) is 272 Å². The molecule has 0 heterocycles. The van der Waals surface area contributed by atoms with Gasteiger partial charge in [0.05, 0.1) is 32.8 Å². The highest BCUT2D eigenvalue weighted by atomic mass is 31.2. The molecule has 0 spiro atoms. The molecule has 0 fully saturated rings. The molecule has 0 saturated carbocycles. The van der Waals surface area contributed by atoms with Crippen molar-refractivity contribution in [2.75, 3.05) is 39.6 Å². The lowest BCUT2D eigenvalue weighted by Gasteiger charge is -2.21. The molecule has 0 radical (unpaired) electrons. The van der Waals surface area contributed by atoms with E-state index in [2.05, 4.69) is 113 Å². The zero-order valence-corrected chi connectivity index (χ0v) is 59.0. The number of ether oxygens (including phenoxy) is 4. The zero-order valence-electron chi connectivity index (χ0n) is 57.2. The fourth-order valence-electron chi connectivity index (χ4n) is 8.93. The fraction of sp³-hybridized carbons (Fsp3) is 0.699. The maximum atomic E-state index is 13.0. The summed E-state index contributed by atoms with van der Waals surface area (Å²) in [5.41, 5.74) is 0. The molecule has 0 bridgehead atoms. The molecular weight excluding hydrogens is 1210 g/mol. The Kier molecular flexibility index (Phi) is 62.3. The normalized spacial score (nSPS) is 14.7. The van der Waals surface area contributed by atoms with E-state index in [0.717, 1.165) is 141 Å². The quantitative estimate of drug-likeness (QED) is 0.0169. The van der Waals surface area contributed by atoms with E-state index in [9.17, 15) is 43.2 Å². The molecule has 3 N–H and O–H groups in total. The van der Waals surface area contributed by atoms with E-state index in [0.29, 0.717) is 25.7 Å². The minimum absolute atomic E-state index is 0.0638. The molecule has 5 atom stereocenters. The van der Waals surface area contributed by atoms with Crippen molar-refractivity contribution in [3.05, 3.63) is 109 Å². The SMILES string of the molecule is CC/C=C\C/C=C\C/C=C\C/C=C\C/C=C\CC(=O)OCC(COP(=O)(O)OCC(O)COP(=O)(O)OCC(COC(=O)CCCCCCC/C=C\C/C=C\C/C=C\CC)OC(=O)CCCCCCCCCCCCC)OC(=O)CCCCCCC/C=C\CCCC. The van der Waals surface area contributed by atoms with Crippen molar-refractivity contribution >= 4 is 39.5 Å². The standard InChI is InChI=1S/C73H124O17P2/c1-5-9-13-17-21-25-29-31-33-35-39-41-45-49-53-57-70(75)83-63-68(89-72(77)59-55-51-47-43-37-27-23-19-15-11-7-3)65-87-91(79,80)85-61-67(74)62-86-92(81,82)88-66-69(90-73(78)60-56-52-48-44-38-28-24-20-16-12-8-4)64-84-71(76)58-54-50-46-42-40-36-34-32-30-26-22-18-14-10-6-2/h9-10,13-14,19,21-23,25-26,31-34,39,41,49,53,67-69,74H,5-8,11-12,15-18,20,24,27-30,35-38,40,42-48,50-52,54-66H2,1-4H3,(H,79,80)(H,81,82)/b13-9-,14-10-,23-19-,25-21-,26-22-,33-31-,34-32-,41-39-,53-49-. The summed E-state index contributed by atoms with van der Waals surface area (Å²) in [5, 5.41) is 10.6. The highest BCUT2D eigenvalue weighted by Crippen LogP contribution is 2.45. The Labute approximate surface area is 556 Å². The van der Waals surface area contributed by atoms with Gasteiger partial charge < -0.3 is 33.8 Å². The van der Waals surface area contributed by atoms with Gasteiger partial charge in [0, 0.05) is 19.3 Å². The average Bonchev–Trinajstić information content (AvgIpc) is 2.55. The Hall–Kier alpha value is -4.28. The number of carbonyl (C=O) groups excluding carboxylic acids is 4. The highest BCUT2D eigenvalue weighted by molar-refractivity contribution is 7.47. The summed E-state index contributed by atoms with van der Waals surface area (Å²) >= 11 is 0. The molecule has 0 aromatic carbocycles. The van der Waals surface area contributed by atoms with Crippen molar-refractivity contribution < 1.29 is 80.2 Å². The van der Waals surface area contributed by atoms with Crippen LogP contribution in [-0.2, 0) is 65.4 Å². The third-order valence-electron chi connectivity index (χ3n) is 14.3. The summed E-state index contributed by atoms with van der Waals surface area (Å²) in [6, 6.07) is 0. The number of aliphatic hydroxyl groups is 1. The van der Waals surface area contributed by atoms with Crippen molar-refractivity contribution in [3.8, 4) is 0 Å². The van der Waals surface area contributed by atoms with E-state index < -0.39 is 97.5 Å². The van der Waals surface area contributed by atoms with Crippen molar-refractivity contribution in [1.82, 2.24) is 0 Å². The van der Waals surface area contributed by atoms with Gasteiger partial charge in [-0.1, -0.05) is 253 Å². The second-order valence-corrected chi connectivity index (χ2v) is 26.0. The van der Waals surface area contributed by atoms with Crippen LogP contribution in [0, 0.1) is 0 Å². The Balaban J connectivity index is 5.38. The fourth-order valence-corrected chi connectivity index (χ4v) is 10.5. The van der Waals surface area contributed by atoms with Gasteiger partial charge in [-0.15, -0.1) is 0 Å². The minimum Gasteiger partial charge on any atom is -0.462 e. The highest BCUT2D eigenvalue weighted by Gasteiger charge is 2.30. The van der Waals surface area contributed by atoms with Gasteiger partial charge in [0.15, 0.2) is 12.2 Å². The van der Waals surface area contributed by atoms with Crippen molar-refractivity contribution in [1.29, 1.82) is 0 Å². The topological polar surface area (TPSA) is 237 Å². The van der Waals surface area contributed by atoms with Crippen LogP contribution in [0.2, 0.25) is 0 Å². The van der Waals surface area contributed by atoms with Crippen LogP contribution in [0.15, 0.2) is 109 Å². The second kappa shape index (κ2) is 65.4. The van der Waals surface area contributed by atoms with E-state index in [1.807, 2.05) is 18.2 Å². The minimum atomic E-state index is -4.99. The summed E-state index contributed by atoms with van der Waals surface area (Å²) in [5.74, 6) is -2.35. The first-order chi connectivity index (χ1) is 44.7. The Morgan fingerprint density at radius 3 is 1.01 bits per heavy atom. The molecule has 0 aliphatic heterocycles. The number of phosphoric ester groups is 2. The van der Waals surface area contributed by atoms with Crippen LogP contribution in [-0.4, -0.2) is 96.7 Å². The lowest BCUT2D eigenvalue weighted by atomic mass is 10.1. The summed E-state index contributed by atoms with van der Waals surface area (Å²) in [6.07, 6.45) is 67.1. The van der Waals surface area contributed by atoms with Crippen LogP contribution in [0.25, 0.3) is 0 Å².